The summed E-state index contributed by atoms with van der Waals surface area (Å²) in [6.07, 6.45) is 0. The van der Waals surface area contributed by atoms with Crippen molar-refractivity contribution in [3.63, 3.8) is 0 Å². The van der Waals surface area contributed by atoms with Crippen LogP contribution in [0.3, 0.4) is 0 Å². The van der Waals surface area contributed by atoms with E-state index in [0.29, 0.717) is 11.3 Å². The van der Waals surface area contributed by atoms with Crippen LogP contribution in [-0.4, -0.2) is 28.4 Å². The van der Waals surface area contributed by atoms with E-state index in [-0.39, 0.29) is 25.5 Å². The van der Waals surface area contributed by atoms with Crippen molar-refractivity contribution in [3.05, 3.63) is 11.6 Å². The fourth-order valence-electron chi connectivity index (χ4n) is 1.85. The van der Waals surface area contributed by atoms with Gasteiger partial charge in [-0.1, -0.05) is 13.8 Å². The van der Waals surface area contributed by atoms with E-state index in [4.69, 9.17) is 5.14 Å². The molecule has 1 aromatic heterocycles. The zero-order valence-electron chi connectivity index (χ0n) is 9.63. The standard InChI is InChI=1S/C9H11NO5S3/c1-9(2)4-17(12,13)8-5(7(9)11)3-6(16-8)18(10,14)15/h3H,4H2,1-2H3,(H2,10,14,15). The highest BCUT2D eigenvalue weighted by Crippen LogP contribution is 2.41. The first-order valence-corrected chi connectivity index (χ1v) is 8.91. The molecule has 1 aromatic rings. The Kier molecular flexibility index (Phi) is 2.75. The normalized spacial score (nSPS) is 21.6. The fourth-order valence-corrected chi connectivity index (χ4v) is 6.28. The third kappa shape index (κ3) is 2.00. The van der Waals surface area contributed by atoms with Gasteiger partial charge in [0, 0.05) is 11.0 Å². The number of sulfonamides is 1. The van der Waals surface area contributed by atoms with E-state index in [0.717, 1.165) is 6.07 Å². The summed E-state index contributed by atoms with van der Waals surface area (Å²) in [7, 11) is -7.65. The Morgan fingerprint density at radius 1 is 1.39 bits per heavy atom. The lowest BCUT2D eigenvalue weighted by molar-refractivity contribution is 0.0853. The number of sulfone groups is 1. The first-order valence-electron chi connectivity index (χ1n) is 4.89. The Balaban J connectivity index is 2.80. The maximum Gasteiger partial charge on any atom is 0.247 e. The van der Waals surface area contributed by atoms with Crippen LogP contribution in [-0.2, 0) is 19.9 Å². The average Bonchev–Trinajstić information content (AvgIpc) is 2.57. The maximum absolute atomic E-state index is 12.1. The Bertz CT molecular complexity index is 739. The van der Waals surface area contributed by atoms with Gasteiger partial charge in [0.15, 0.2) is 15.6 Å². The van der Waals surface area contributed by atoms with Gasteiger partial charge < -0.3 is 0 Å². The number of carbonyl (C=O) groups is 1. The van der Waals surface area contributed by atoms with E-state index >= 15 is 0 Å². The highest BCUT2D eigenvalue weighted by Gasteiger charge is 2.44. The second kappa shape index (κ2) is 3.62. The number of Topliss-reactive ketones (excluding diaryl/α,β-unsaturated/α-hetero) is 1. The highest BCUT2D eigenvalue weighted by molar-refractivity contribution is 7.95. The lowest BCUT2D eigenvalue weighted by Gasteiger charge is -2.26. The largest absolute Gasteiger partial charge is 0.293 e. The minimum atomic E-state index is -4.01. The molecule has 0 fully saturated rings. The Labute approximate surface area is 109 Å². The van der Waals surface area contributed by atoms with Crippen molar-refractivity contribution in [1.82, 2.24) is 0 Å². The predicted molar refractivity (Wildman–Crippen MR) is 65.9 cm³/mol. The molecule has 0 aliphatic carbocycles. The molecule has 2 N–H and O–H groups in total. The van der Waals surface area contributed by atoms with Gasteiger partial charge in [0.05, 0.1) is 5.75 Å². The lowest BCUT2D eigenvalue weighted by Crippen LogP contribution is -2.37. The maximum atomic E-state index is 12.1. The molecule has 9 heteroatoms. The fraction of sp³-hybridized carbons (Fsp3) is 0.444. The molecule has 0 amide bonds. The van der Waals surface area contributed by atoms with Gasteiger partial charge >= 0.3 is 0 Å². The van der Waals surface area contributed by atoms with Crippen LogP contribution < -0.4 is 5.14 Å². The molecule has 100 valence electrons. The van der Waals surface area contributed by atoms with E-state index in [1.54, 1.807) is 0 Å². The van der Waals surface area contributed by atoms with Gasteiger partial charge in [0.25, 0.3) is 0 Å². The Morgan fingerprint density at radius 2 is 1.94 bits per heavy atom. The van der Waals surface area contributed by atoms with E-state index in [1.165, 1.54) is 13.8 Å². The molecule has 0 atom stereocenters. The first-order chi connectivity index (χ1) is 7.95. The molecule has 18 heavy (non-hydrogen) atoms. The molecule has 2 heterocycles. The molecule has 0 bridgehead atoms. The number of rotatable bonds is 1. The molecule has 2 rings (SSSR count). The number of hydrogen-bond donors (Lipinski definition) is 1. The van der Waals surface area contributed by atoms with Gasteiger partial charge in [-0.2, -0.15) is 0 Å². The van der Waals surface area contributed by atoms with Crippen molar-refractivity contribution < 1.29 is 21.6 Å². The van der Waals surface area contributed by atoms with E-state index in [9.17, 15) is 21.6 Å². The number of ketones is 1. The van der Waals surface area contributed by atoms with Gasteiger partial charge in [-0.3, -0.25) is 4.79 Å². The summed E-state index contributed by atoms with van der Waals surface area (Å²) in [6.45, 7) is 3.04. The Hall–Kier alpha value is -0.770. The van der Waals surface area contributed by atoms with Crippen molar-refractivity contribution >= 4 is 37.0 Å². The summed E-state index contributed by atoms with van der Waals surface area (Å²) in [4.78, 5) is 12.1. The van der Waals surface area contributed by atoms with Crippen LogP contribution in [0.15, 0.2) is 14.5 Å². The summed E-state index contributed by atoms with van der Waals surface area (Å²) >= 11 is 0.532. The summed E-state index contributed by atoms with van der Waals surface area (Å²) in [5.41, 5.74) is -1.12. The predicted octanol–water partition coefficient (Wildman–Crippen LogP) is 0.392. The number of primary sulfonamides is 1. The quantitative estimate of drug-likeness (QED) is 0.806. The first kappa shape index (κ1) is 13.7. The zero-order chi connectivity index (χ0) is 13.9. The second-order valence-electron chi connectivity index (χ2n) is 4.78. The van der Waals surface area contributed by atoms with Gasteiger partial charge in [-0.05, 0) is 6.07 Å². The molecule has 0 unspecified atom stereocenters. The number of fused-ring (bicyclic) bond motifs is 1. The number of nitrogens with two attached hydrogens (primary N) is 1. The molecule has 0 aromatic carbocycles. The summed E-state index contributed by atoms with van der Waals surface area (Å²) in [5, 5.41) is 4.95. The minimum absolute atomic E-state index is 0.0692. The van der Waals surface area contributed by atoms with Gasteiger partial charge in [-0.15, -0.1) is 11.3 Å². The lowest BCUT2D eigenvalue weighted by atomic mass is 9.87. The molecule has 1 aliphatic rings. The number of hydrogen-bond acceptors (Lipinski definition) is 6. The molecule has 0 saturated heterocycles. The van der Waals surface area contributed by atoms with Crippen molar-refractivity contribution in [1.29, 1.82) is 0 Å². The molecular formula is C9H11NO5S3. The van der Waals surface area contributed by atoms with Crippen LogP contribution in [0.5, 0.6) is 0 Å². The highest BCUT2D eigenvalue weighted by atomic mass is 32.3. The van der Waals surface area contributed by atoms with Crippen molar-refractivity contribution in [2.75, 3.05) is 5.75 Å². The molecule has 0 radical (unpaired) electrons. The zero-order valence-corrected chi connectivity index (χ0v) is 12.1. The SMILES string of the molecule is CC1(C)CS(=O)(=O)c2sc(S(N)(=O)=O)cc2C1=O. The molecule has 6 nitrogen and oxygen atoms in total. The van der Waals surface area contributed by atoms with Gasteiger partial charge in [0.1, 0.15) is 8.42 Å². The minimum Gasteiger partial charge on any atom is -0.293 e. The van der Waals surface area contributed by atoms with Crippen LogP contribution >= 0.6 is 11.3 Å². The molecular weight excluding hydrogens is 298 g/mol. The van der Waals surface area contributed by atoms with Crippen molar-refractivity contribution in [2.24, 2.45) is 10.6 Å². The van der Waals surface area contributed by atoms with Crippen LogP contribution in [0.4, 0.5) is 0 Å². The number of thiophene rings is 1. The third-order valence-corrected chi connectivity index (χ3v) is 7.90. The topological polar surface area (TPSA) is 111 Å². The summed E-state index contributed by atoms with van der Waals surface area (Å²) in [6, 6.07) is 1.05. The second-order valence-corrected chi connectivity index (χ2v) is 9.81. The Morgan fingerprint density at radius 3 is 2.44 bits per heavy atom. The molecule has 1 aliphatic heterocycles. The van der Waals surface area contributed by atoms with Crippen LogP contribution in [0.25, 0.3) is 0 Å². The van der Waals surface area contributed by atoms with E-state index in [2.05, 4.69) is 0 Å². The third-order valence-electron chi connectivity index (χ3n) is 2.65. The van der Waals surface area contributed by atoms with Crippen molar-refractivity contribution in [3.8, 4) is 0 Å². The van der Waals surface area contributed by atoms with E-state index < -0.39 is 25.3 Å². The van der Waals surface area contributed by atoms with Gasteiger partial charge in [-0.25, -0.2) is 22.0 Å². The molecule has 0 saturated carbocycles. The van der Waals surface area contributed by atoms with Crippen LogP contribution in [0, 0.1) is 5.41 Å². The van der Waals surface area contributed by atoms with E-state index in [1.807, 2.05) is 0 Å². The monoisotopic (exact) mass is 309 g/mol. The smallest absolute Gasteiger partial charge is 0.247 e. The number of carbonyl (C=O) groups excluding carboxylic acids is 1. The van der Waals surface area contributed by atoms with Crippen molar-refractivity contribution in [2.45, 2.75) is 22.3 Å². The van der Waals surface area contributed by atoms with Crippen LogP contribution in [0.1, 0.15) is 24.2 Å². The molecule has 0 spiro atoms. The summed E-state index contributed by atoms with van der Waals surface area (Å²) < 4.78 is 45.9. The van der Waals surface area contributed by atoms with Gasteiger partial charge in [0.2, 0.25) is 10.0 Å². The average molecular weight is 309 g/mol. The summed E-state index contributed by atoms with van der Waals surface area (Å²) in [5.74, 6) is -0.699. The van der Waals surface area contributed by atoms with Crippen LogP contribution in [0.2, 0.25) is 0 Å².